The van der Waals surface area contributed by atoms with Crippen LogP contribution in [0.5, 0.6) is 0 Å². The molecule has 5 heteroatoms. The van der Waals surface area contributed by atoms with Gasteiger partial charge in [0.05, 0.1) is 5.69 Å². The first-order chi connectivity index (χ1) is 9.93. The highest BCUT2D eigenvalue weighted by Gasteiger charge is 2.19. The van der Waals surface area contributed by atoms with E-state index in [0.717, 1.165) is 33.8 Å². The van der Waals surface area contributed by atoms with Gasteiger partial charge in [-0.25, -0.2) is 0 Å². The second-order valence-corrected chi connectivity index (χ2v) is 6.57. The van der Waals surface area contributed by atoms with Gasteiger partial charge in [0.2, 0.25) is 0 Å². The minimum absolute atomic E-state index is 0.230. The van der Waals surface area contributed by atoms with Gasteiger partial charge in [0.1, 0.15) is 5.15 Å². The number of likely N-dealkylation sites (N-methyl/N-ethyl adjacent to an activating group) is 1. The van der Waals surface area contributed by atoms with Crippen molar-refractivity contribution in [3.63, 3.8) is 0 Å². The van der Waals surface area contributed by atoms with E-state index in [-0.39, 0.29) is 6.04 Å². The third-order valence-electron chi connectivity index (χ3n) is 3.75. The van der Waals surface area contributed by atoms with Gasteiger partial charge in [-0.1, -0.05) is 40.5 Å². The molecule has 0 aliphatic rings. The summed E-state index contributed by atoms with van der Waals surface area (Å²) in [6, 6.07) is 6.63. The van der Waals surface area contributed by atoms with Gasteiger partial charge in [-0.2, -0.15) is 5.10 Å². The summed E-state index contributed by atoms with van der Waals surface area (Å²) >= 11 is 9.94. The van der Waals surface area contributed by atoms with E-state index in [1.807, 2.05) is 14.0 Å². The van der Waals surface area contributed by atoms with Crippen LogP contribution in [0.15, 0.2) is 22.7 Å². The van der Waals surface area contributed by atoms with Gasteiger partial charge in [-0.05, 0) is 50.1 Å². The van der Waals surface area contributed by atoms with Crippen molar-refractivity contribution in [2.75, 3.05) is 6.54 Å². The number of hydrogen-bond acceptors (Lipinski definition) is 2. The number of benzene rings is 1. The van der Waals surface area contributed by atoms with Gasteiger partial charge in [-0.15, -0.1) is 0 Å². The number of rotatable bonds is 5. The number of halogens is 2. The molecule has 1 atom stereocenters. The van der Waals surface area contributed by atoms with Gasteiger partial charge in [0.25, 0.3) is 0 Å². The van der Waals surface area contributed by atoms with Crippen LogP contribution in [-0.2, 0) is 13.5 Å². The highest BCUT2D eigenvalue weighted by Crippen LogP contribution is 2.29. The van der Waals surface area contributed by atoms with E-state index >= 15 is 0 Å². The van der Waals surface area contributed by atoms with Gasteiger partial charge in [0.15, 0.2) is 0 Å². The van der Waals surface area contributed by atoms with Crippen molar-refractivity contribution in [1.29, 1.82) is 0 Å². The first-order valence-electron chi connectivity index (χ1n) is 7.11. The third-order valence-corrected chi connectivity index (χ3v) is 4.71. The topological polar surface area (TPSA) is 29.9 Å². The van der Waals surface area contributed by atoms with Crippen LogP contribution in [0.25, 0.3) is 0 Å². The van der Waals surface area contributed by atoms with E-state index in [4.69, 9.17) is 11.6 Å². The molecule has 0 aliphatic carbocycles. The van der Waals surface area contributed by atoms with E-state index < -0.39 is 0 Å². The Morgan fingerprint density at radius 1 is 1.38 bits per heavy atom. The molecule has 0 radical (unpaired) electrons. The summed E-state index contributed by atoms with van der Waals surface area (Å²) in [5.41, 5.74) is 4.69. The Balaban J connectivity index is 2.37. The molecule has 2 aromatic rings. The van der Waals surface area contributed by atoms with Gasteiger partial charge in [-0.3, -0.25) is 4.68 Å². The first-order valence-corrected chi connectivity index (χ1v) is 8.28. The molecular weight excluding hydrogens is 350 g/mol. The molecular formula is C16H21BrClN3. The molecule has 0 aliphatic heterocycles. The molecule has 2 rings (SSSR count). The third kappa shape index (κ3) is 3.68. The summed E-state index contributed by atoms with van der Waals surface area (Å²) in [7, 11) is 1.88. The molecule has 114 valence electrons. The van der Waals surface area contributed by atoms with Crippen LogP contribution >= 0.6 is 27.5 Å². The maximum atomic E-state index is 6.38. The van der Waals surface area contributed by atoms with Crippen LogP contribution in [-0.4, -0.2) is 16.3 Å². The molecule has 0 bridgehead atoms. The fraction of sp³-hybridized carbons (Fsp3) is 0.438. The van der Waals surface area contributed by atoms with Crippen molar-refractivity contribution in [1.82, 2.24) is 15.1 Å². The zero-order chi connectivity index (χ0) is 15.6. The van der Waals surface area contributed by atoms with Crippen molar-refractivity contribution in [3.05, 3.63) is 50.2 Å². The highest BCUT2D eigenvalue weighted by atomic mass is 79.9. The zero-order valence-electron chi connectivity index (χ0n) is 12.9. The van der Waals surface area contributed by atoms with Crippen molar-refractivity contribution in [2.45, 2.75) is 33.2 Å². The Hall–Kier alpha value is -0.840. The number of aryl methyl sites for hydroxylation is 3. The Morgan fingerprint density at radius 3 is 2.67 bits per heavy atom. The zero-order valence-corrected chi connectivity index (χ0v) is 15.2. The summed E-state index contributed by atoms with van der Waals surface area (Å²) < 4.78 is 2.84. The molecule has 0 spiro atoms. The van der Waals surface area contributed by atoms with Crippen LogP contribution in [0.2, 0.25) is 5.15 Å². The smallest absolute Gasteiger partial charge is 0.130 e. The molecule has 0 saturated carbocycles. The number of nitrogens with zero attached hydrogens (tertiary/aromatic N) is 2. The Kier molecular flexibility index (Phi) is 5.47. The predicted octanol–water partition coefficient (Wildman–Crippen LogP) is 4.35. The lowest BCUT2D eigenvalue weighted by Crippen LogP contribution is -2.24. The lowest BCUT2D eigenvalue weighted by Gasteiger charge is -2.21. The molecule has 1 aromatic heterocycles. The Labute approximate surface area is 139 Å². The lowest BCUT2D eigenvalue weighted by atomic mass is 9.95. The SMILES string of the molecule is CCNC(Cc1c(C)nn(C)c1Cl)c1cc(Br)ccc1C. The standard InChI is InChI=1S/C16H21BrClN3/c1-5-19-15(13-8-12(17)7-6-10(13)2)9-14-11(3)20-21(4)16(14)18/h6-8,15,19H,5,9H2,1-4H3. The van der Waals surface area contributed by atoms with Crippen molar-refractivity contribution in [3.8, 4) is 0 Å². The van der Waals surface area contributed by atoms with E-state index in [1.165, 1.54) is 11.1 Å². The molecule has 0 saturated heterocycles. The van der Waals surface area contributed by atoms with Crippen LogP contribution < -0.4 is 5.32 Å². The normalized spacial score (nSPS) is 12.7. The molecule has 21 heavy (non-hydrogen) atoms. The van der Waals surface area contributed by atoms with Crippen LogP contribution in [0.1, 0.15) is 35.3 Å². The quantitative estimate of drug-likeness (QED) is 0.848. The van der Waals surface area contributed by atoms with Crippen LogP contribution in [0.4, 0.5) is 0 Å². The second-order valence-electron chi connectivity index (χ2n) is 5.29. The molecule has 0 fully saturated rings. The Morgan fingerprint density at radius 2 is 2.10 bits per heavy atom. The van der Waals surface area contributed by atoms with Gasteiger partial charge < -0.3 is 5.32 Å². The van der Waals surface area contributed by atoms with E-state index in [0.29, 0.717) is 0 Å². The maximum absolute atomic E-state index is 6.38. The molecule has 3 nitrogen and oxygen atoms in total. The lowest BCUT2D eigenvalue weighted by molar-refractivity contribution is 0.546. The second kappa shape index (κ2) is 6.95. The number of hydrogen-bond donors (Lipinski definition) is 1. The van der Waals surface area contributed by atoms with E-state index in [9.17, 15) is 0 Å². The number of aromatic nitrogens is 2. The monoisotopic (exact) mass is 369 g/mol. The van der Waals surface area contributed by atoms with Crippen molar-refractivity contribution >= 4 is 27.5 Å². The molecule has 0 amide bonds. The summed E-state index contributed by atoms with van der Waals surface area (Å²) in [6.07, 6.45) is 0.837. The fourth-order valence-corrected chi connectivity index (χ4v) is 3.27. The maximum Gasteiger partial charge on any atom is 0.130 e. The molecule has 1 unspecified atom stereocenters. The summed E-state index contributed by atoms with van der Waals surface area (Å²) in [5.74, 6) is 0. The minimum atomic E-state index is 0.230. The average Bonchev–Trinajstić information content (AvgIpc) is 2.67. The highest BCUT2D eigenvalue weighted by molar-refractivity contribution is 9.10. The largest absolute Gasteiger partial charge is 0.310 e. The summed E-state index contributed by atoms with van der Waals surface area (Å²) in [6.45, 7) is 7.19. The first kappa shape index (κ1) is 16.5. The Bertz CT molecular complexity index is 637. The average molecular weight is 371 g/mol. The van der Waals surface area contributed by atoms with Crippen LogP contribution in [0.3, 0.4) is 0 Å². The fourth-order valence-electron chi connectivity index (χ4n) is 2.64. The minimum Gasteiger partial charge on any atom is -0.310 e. The van der Waals surface area contributed by atoms with Crippen molar-refractivity contribution < 1.29 is 0 Å². The van der Waals surface area contributed by atoms with E-state index in [1.54, 1.807) is 4.68 Å². The molecule has 1 aromatic carbocycles. The summed E-state index contributed by atoms with van der Waals surface area (Å²) in [4.78, 5) is 0. The van der Waals surface area contributed by atoms with E-state index in [2.05, 4.69) is 58.4 Å². The summed E-state index contributed by atoms with van der Waals surface area (Å²) in [5, 5.41) is 8.69. The van der Waals surface area contributed by atoms with Crippen LogP contribution in [0, 0.1) is 13.8 Å². The van der Waals surface area contributed by atoms with Crippen molar-refractivity contribution in [2.24, 2.45) is 7.05 Å². The number of nitrogens with one attached hydrogen (secondary N) is 1. The van der Waals surface area contributed by atoms with Gasteiger partial charge in [0, 0.05) is 23.1 Å². The molecule has 1 N–H and O–H groups in total. The predicted molar refractivity (Wildman–Crippen MR) is 92.0 cm³/mol. The van der Waals surface area contributed by atoms with Gasteiger partial charge >= 0.3 is 0 Å². The molecule has 1 heterocycles.